The van der Waals surface area contributed by atoms with Crippen molar-refractivity contribution in [3.8, 4) is 5.75 Å². The summed E-state index contributed by atoms with van der Waals surface area (Å²) in [5, 5.41) is 10.2. The Morgan fingerprint density at radius 2 is 2.57 bits per heavy atom. The van der Waals surface area contributed by atoms with Crippen LogP contribution in [0, 0.1) is 0 Å². The average Bonchev–Trinajstić information content (AvgIpc) is 1.91. The van der Waals surface area contributed by atoms with E-state index in [0.717, 1.165) is 11.5 Å². The Labute approximate surface area is 49.5 Å². The lowest BCUT2D eigenvalue weighted by Crippen LogP contribution is -1.54. The predicted octanol–water partition coefficient (Wildman–Crippen LogP) is 1.50. The van der Waals surface area contributed by atoms with E-state index in [2.05, 4.69) is 4.37 Å². The topological polar surface area (TPSA) is 33.1 Å². The van der Waals surface area contributed by atoms with Gasteiger partial charge < -0.3 is 5.11 Å². The van der Waals surface area contributed by atoms with Crippen molar-refractivity contribution in [1.29, 1.82) is 0 Å². The maximum absolute atomic E-state index is 8.58. The number of aromatic nitrogens is 1. The van der Waals surface area contributed by atoms with Crippen molar-refractivity contribution in [3.05, 3.63) is 10.5 Å². The SMILES string of the molecule is Oc1csnc1Cl. The molecule has 1 rings (SSSR count). The Balaban J connectivity index is 3.12. The number of hydrogen-bond acceptors (Lipinski definition) is 3. The van der Waals surface area contributed by atoms with E-state index >= 15 is 0 Å². The van der Waals surface area contributed by atoms with Crippen LogP contribution in [0.3, 0.4) is 0 Å². The van der Waals surface area contributed by atoms with Crippen LogP contribution in [-0.2, 0) is 0 Å². The van der Waals surface area contributed by atoms with Crippen molar-refractivity contribution in [1.82, 2.24) is 4.37 Å². The number of hydrogen-bond donors (Lipinski definition) is 1. The van der Waals surface area contributed by atoms with Crippen molar-refractivity contribution >= 4 is 23.1 Å². The van der Waals surface area contributed by atoms with Crippen molar-refractivity contribution in [2.75, 3.05) is 0 Å². The summed E-state index contributed by atoms with van der Waals surface area (Å²) in [6.45, 7) is 0. The van der Waals surface area contributed by atoms with Gasteiger partial charge in [0.1, 0.15) is 0 Å². The summed E-state index contributed by atoms with van der Waals surface area (Å²) in [5.74, 6) is 0.0617. The third kappa shape index (κ3) is 0.838. The standard InChI is InChI=1S/C3H2ClNOS/c4-3-2(6)1-7-5-3/h1,6H. The zero-order valence-corrected chi connectivity index (χ0v) is 4.83. The van der Waals surface area contributed by atoms with E-state index in [4.69, 9.17) is 16.7 Å². The quantitative estimate of drug-likeness (QED) is 0.585. The van der Waals surface area contributed by atoms with Gasteiger partial charge in [-0.2, -0.15) is 4.37 Å². The lowest BCUT2D eigenvalue weighted by molar-refractivity contribution is 0.477. The molecular formula is C3H2ClNOS. The van der Waals surface area contributed by atoms with Crippen LogP contribution in [0.25, 0.3) is 0 Å². The summed E-state index contributed by atoms with van der Waals surface area (Å²) in [5.41, 5.74) is 0. The van der Waals surface area contributed by atoms with Gasteiger partial charge in [0, 0.05) is 0 Å². The Bertz CT molecular complexity index is 147. The minimum Gasteiger partial charge on any atom is -0.504 e. The maximum Gasteiger partial charge on any atom is 0.184 e. The van der Waals surface area contributed by atoms with Gasteiger partial charge in [0.25, 0.3) is 0 Å². The van der Waals surface area contributed by atoms with Crippen LogP contribution in [0.4, 0.5) is 0 Å². The Hall–Kier alpha value is -0.280. The molecule has 0 saturated heterocycles. The lowest BCUT2D eigenvalue weighted by Gasteiger charge is -1.74. The molecule has 0 fully saturated rings. The fourth-order valence-corrected chi connectivity index (χ4v) is 0.907. The van der Waals surface area contributed by atoms with E-state index in [-0.39, 0.29) is 10.9 Å². The highest BCUT2D eigenvalue weighted by Crippen LogP contribution is 2.21. The van der Waals surface area contributed by atoms with E-state index in [1.807, 2.05) is 0 Å². The molecule has 0 aromatic carbocycles. The first-order chi connectivity index (χ1) is 3.30. The van der Waals surface area contributed by atoms with Gasteiger partial charge >= 0.3 is 0 Å². The average molecular weight is 136 g/mol. The molecule has 0 amide bonds. The molecule has 1 heterocycles. The fraction of sp³-hybridized carbons (Fsp3) is 0. The predicted molar refractivity (Wildman–Crippen MR) is 28.8 cm³/mol. The molecule has 0 aliphatic carbocycles. The molecule has 1 N–H and O–H groups in total. The van der Waals surface area contributed by atoms with Crippen molar-refractivity contribution in [2.24, 2.45) is 0 Å². The second-order valence-electron chi connectivity index (χ2n) is 0.991. The molecule has 0 spiro atoms. The van der Waals surface area contributed by atoms with E-state index in [9.17, 15) is 0 Å². The summed E-state index contributed by atoms with van der Waals surface area (Å²) < 4.78 is 3.57. The van der Waals surface area contributed by atoms with Gasteiger partial charge in [-0.25, -0.2) is 0 Å². The zero-order chi connectivity index (χ0) is 5.28. The maximum atomic E-state index is 8.58. The fourth-order valence-electron chi connectivity index (χ4n) is 0.218. The van der Waals surface area contributed by atoms with E-state index in [0.29, 0.717) is 0 Å². The molecule has 0 atom stereocenters. The van der Waals surface area contributed by atoms with Gasteiger partial charge in [0.2, 0.25) is 0 Å². The first kappa shape index (κ1) is 4.87. The van der Waals surface area contributed by atoms with Crippen LogP contribution in [0.15, 0.2) is 5.38 Å². The summed E-state index contributed by atoms with van der Waals surface area (Å²) in [4.78, 5) is 0. The summed E-state index contributed by atoms with van der Waals surface area (Å²) in [6, 6.07) is 0. The molecule has 0 radical (unpaired) electrons. The molecule has 0 saturated carbocycles. The minimum absolute atomic E-state index is 0.0617. The van der Waals surface area contributed by atoms with Crippen LogP contribution < -0.4 is 0 Å². The third-order valence-electron chi connectivity index (χ3n) is 0.509. The van der Waals surface area contributed by atoms with Crippen LogP contribution in [0.1, 0.15) is 0 Å². The first-order valence-corrected chi connectivity index (χ1v) is 2.81. The number of rotatable bonds is 0. The normalized spacial score (nSPS) is 9.29. The van der Waals surface area contributed by atoms with Gasteiger partial charge in [0.05, 0.1) is 5.38 Å². The van der Waals surface area contributed by atoms with Gasteiger partial charge in [-0.1, -0.05) is 11.6 Å². The Morgan fingerprint density at radius 1 is 1.86 bits per heavy atom. The van der Waals surface area contributed by atoms with Crippen LogP contribution in [0.5, 0.6) is 5.75 Å². The molecule has 2 nitrogen and oxygen atoms in total. The zero-order valence-electron chi connectivity index (χ0n) is 3.26. The summed E-state index contributed by atoms with van der Waals surface area (Å²) in [6.07, 6.45) is 0. The monoisotopic (exact) mass is 135 g/mol. The van der Waals surface area contributed by atoms with Crippen molar-refractivity contribution < 1.29 is 5.11 Å². The lowest BCUT2D eigenvalue weighted by atomic mass is 10.7. The van der Waals surface area contributed by atoms with E-state index in [1.165, 1.54) is 5.38 Å². The van der Waals surface area contributed by atoms with Gasteiger partial charge in [-0.15, -0.1) is 0 Å². The summed E-state index contributed by atoms with van der Waals surface area (Å²) in [7, 11) is 0. The highest BCUT2D eigenvalue weighted by atomic mass is 35.5. The molecule has 0 aliphatic heterocycles. The highest BCUT2D eigenvalue weighted by Gasteiger charge is 1.95. The molecule has 0 bridgehead atoms. The molecule has 1 aromatic rings. The summed E-state index contributed by atoms with van der Waals surface area (Å²) >= 11 is 6.41. The second-order valence-corrected chi connectivity index (χ2v) is 1.98. The highest BCUT2D eigenvalue weighted by molar-refractivity contribution is 7.04. The van der Waals surface area contributed by atoms with Gasteiger partial charge in [-0.3, -0.25) is 0 Å². The molecule has 0 aliphatic rings. The number of nitrogens with zero attached hydrogens (tertiary/aromatic N) is 1. The van der Waals surface area contributed by atoms with Crippen molar-refractivity contribution in [3.63, 3.8) is 0 Å². The smallest absolute Gasteiger partial charge is 0.184 e. The molecule has 38 valence electrons. The first-order valence-electron chi connectivity index (χ1n) is 1.59. The van der Waals surface area contributed by atoms with Gasteiger partial charge in [-0.05, 0) is 11.5 Å². The molecule has 7 heavy (non-hydrogen) atoms. The Kier molecular flexibility index (Phi) is 1.17. The van der Waals surface area contributed by atoms with E-state index in [1.54, 1.807) is 0 Å². The van der Waals surface area contributed by atoms with Crippen LogP contribution >= 0.6 is 23.1 Å². The third-order valence-corrected chi connectivity index (χ3v) is 1.50. The second kappa shape index (κ2) is 1.68. The number of halogens is 1. The molecule has 4 heteroatoms. The molecule has 0 unspecified atom stereocenters. The van der Waals surface area contributed by atoms with E-state index < -0.39 is 0 Å². The Morgan fingerprint density at radius 3 is 2.71 bits per heavy atom. The largest absolute Gasteiger partial charge is 0.504 e. The molecular weight excluding hydrogens is 134 g/mol. The minimum atomic E-state index is 0.0617. The molecule has 1 aromatic heterocycles. The van der Waals surface area contributed by atoms with Crippen LogP contribution in [-0.4, -0.2) is 9.48 Å². The van der Waals surface area contributed by atoms with Crippen molar-refractivity contribution in [2.45, 2.75) is 0 Å². The van der Waals surface area contributed by atoms with Crippen LogP contribution in [0.2, 0.25) is 5.15 Å². The van der Waals surface area contributed by atoms with Gasteiger partial charge in [0.15, 0.2) is 10.9 Å². The number of aromatic hydroxyl groups is 1.